The fourth-order valence-electron chi connectivity index (χ4n) is 1.08. The number of aliphatic hydroxyl groups is 1. The number of aromatic nitrogens is 2. The fraction of sp³-hybridized carbons (Fsp3) is 0.500. The minimum Gasteiger partial charge on any atom is -0.394 e. The second-order valence-electron chi connectivity index (χ2n) is 3.39. The summed E-state index contributed by atoms with van der Waals surface area (Å²) >= 11 is 0. The summed E-state index contributed by atoms with van der Waals surface area (Å²) in [5.41, 5.74) is 0.282. The molecule has 1 unspecified atom stereocenters. The van der Waals surface area contributed by atoms with Crippen molar-refractivity contribution in [2.75, 3.05) is 18.5 Å². The molecule has 0 fully saturated rings. The molecule has 0 bridgehead atoms. The van der Waals surface area contributed by atoms with Gasteiger partial charge in [0, 0.05) is 12.6 Å². The summed E-state index contributed by atoms with van der Waals surface area (Å²) in [6.45, 7) is 4.23. The summed E-state index contributed by atoms with van der Waals surface area (Å²) in [6, 6.07) is 3.15. The van der Waals surface area contributed by atoms with E-state index in [1.54, 1.807) is 12.1 Å². The van der Waals surface area contributed by atoms with Crippen LogP contribution in [0.25, 0.3) is 0 Å². The summed E-state index contributed by atoms with van der Waals surface area (Å²) < 4.78 is 0. The lowest BCUT2D eigenvalue weighted by molar-refractivity contribution is 0.0950. The molecule has 0 aromatic carbocycles. The van der Waals surface area contributed by atoms with E-state index in [4.69, 9.17) is 5.11 Å². The molecule has 16 heavy (non-hydrogen) atoms. The average Bonchev–Trinajstić information content (AvgIpc) is 2.30. The molecule has 1 rings (SSSR count). The highest BCUT2D eigenvalue weighted by Crippen LogP contribution is 2.03. The second kappa shape index (κ2) is 6.02. The third-order valence-corrected chi connectivity index (χ3v) is 1.90. The molecule has 88 valence electrons. The van der Waals surface area contributed by atoms with E-state index in [2.05, 4.69) is 20.8 Å². The smallest absolute Gasteiger partial charge is 0.271 e. The largest absolute Gasteiger partial charge is 0.394 e. The van der Waals surface area contributed by atoms with Crippen LogP contribution in [0.5, 0.6) is 0 Å². The van der Waals surface area contributed by atoms with Crippen LogP contribution in [0.1, 0.15) is 24.3 Å². The van der Waals surface area contributed by atoms with Gasteiger partial charge in [0.25, 0.3) is 5.91 Å². The maximum absolute atomic E-state index is 11.4. The van der Waals surface area contributed by atoms with Gasteiger partial charge in [-0.15, -0.1) is 10.2 Å². The van der Waals surface area contributed by atoms with Crippen LogP contribution in [0.4, 0.5) is 5.82 Å². The number of nitrogens with one attached hydrogen (secondary N) is 2. The molecule has 0 saturated heterocycles. The van der Waals surface area contributed by atoms with Crippen molar-refractivity contribution in [3.05, 3.63) is 17.8 Å². The van der Waals surface area contributed by atoms with Crippen molar-refractivity contribution in [1.82, 2.24) is 15.5 Å². The first-order chi connectivity index (χ1) is 7.67. The molecule has 6 nitrogen and oxygen atoms in total. The van der Waals surface area contributed by atoms with Gasteiger partial charge in [-0.1, -0.05) is 0 Å². The molecule has 0 aliphatic heterocycles. The average molecular weight is 224 g/mol. The zero-order valence-corrected chi connectivity index (χ0v) is 9.40. The molecule has 1 amide bonds. The topological polar surface area (TPSA) is 87.1 Å². The lowest BCUT2D eigenvalue weighted by atomic mass is 10.3. The van der Waals surface area contributed by atoms with E-state index in [-0.39, 0.29) is 24.2 Å². The number of aliphatic hydroxyl groups excluding tert-OH is 1. The molecule has 0 spiro atoms. The monoisotopic (exact) mass is 224 g/mol. The first-order valence-corrected chi connectivity index (χ1v) is 5.16. The van der Waals surface area contributed by atoms with Crippen molar-refractivity contribution in [3.8, 4) is 0 Å². The van der Waals surface area contributed by atoms with Gasteiger partial charge in [-0.2, -0.15) is 0 Å². The van der Waals surface area contributed by atoms with Crippen LogP contribution in [0.3, 0.4) is 0 Å². The molecule has 6 heteroatoms. The zero-order chi connectivity index (χ0) is 12.0. The van der Waals surface area contributed by atoms with Gasteiger partial charge in [0.15, 0.2) is 5.69 Å². The van der Waals surface area contributed by atoms with E-state index >= 15 is 0 Å². The van der Waals surface area contributed by atoms with E-state index in [9.17, 15) is 4.79 Å². The van der Waals surface area contributed by atoms with Crippen molar-refractivity contribution in [2.45, 2.75) is 19.9 Å². The van der Waals surface area contributed by atoms with Gasteiger partial charge in [-0.3, -0.25) is 4.79 Å². The zero-order valence-electron chi connectivity index (χ0n) is 9.40. The Balaban J connectivity index is 2.64. The fourth-order valence-corrected chi connectivity index (χ4v) is 1.08. The molecule has 1 heterocycles. The van der Waals surface area contributed by atoms with E-state index in [1.165, 1.54) is 0 Å². The lowest BCUT2D eigenvalue weighted by Crippen LogP contribution is -2.25. The van der Waals surface area contributed by atoms with Gasteiger partial charge in [-0.25, -0.2) is 0 Å². The quantitative estimate of drug-likeness (QED) is 0.656. The Hall–Kier alpha value is -1.69. The Kier molecular flexibility index (Phi) is 4.65. The highest BCUT2D eigenvalue weighted by molar-refractivity contribution is 5.92. The van der Waals surface area contributed by atoms with Crippen LogP contribution in [-0.2, 0) is 0 Å². The number of carbonyl (C=O) groups excluding carboxylic acids is 1. The van der Waals surface area contributed by atoms with E-state index in [0.717, 1.165) is 0 Å². The Labute approximate surface area is 94.1 Å². The number of carbonyl (C=O) groups is 1. The van der Waals surface area contributed by atoms with Gasteiger partial charge in [0.05, 0.1) is 6.61 Å². The van der Waals surface area contributed by atoms with Crippen LogP contribution >= 0.6 is 0 Å². The number of hydrogen-bond acceptors (Lipinski definition) is 5. The second-order valence-corrected chi connectivity index (χ2v) is 3.39. The van der Waals surface area contributed by atoms with Crippen molar-refractivity contribution < 1.29 is 9.90 Å². The minimum atomic E-state index is -0.239. The predicted molar refractivity (Wildman–Crippen MR) is 60.2 cm³/mol. The molecule has 0 aliphatic rings. The maximum Gasteiger partial charge on any atom is 0.271 e. The number of nitrogens with zero attached hydrogens (tertiary/aromatic N) is 2. The number of amides is 1. The van der Waals surface area contributed by atoms with Crippen LogP contribution < -0.4 is 10.6 Å². The summed E-state index contributed by atoms with van der Waals surface area (Å²) in [5, 5.41) is 22.0. The van der Waals surface area contributed by atoms with Crippen LogP contribution in [0.2, 0.25) is 0 Å². The normalized spacial score (nSPS) is 11.9. The Bertz CT molecular complexity index is 339. The van der Waals surface area contributed by atoms with Gasteiger partial charge < -0.3 is 15.7 Å². The van der Waals surface area contributed by atoms with Crippen molar-refractivity contribution in [2.24, 2.45) is 0 Å². The van der Waals surface area contributed by atoms with Crippen molar-refractivity contribution >= 4 is 11.7 Å². The number of anilines is 1. The van der Waals surface area contributed by atoms with Crippen molar-refractivity contribution in [3.63, 3.8) is 0 Å². The molecule has 0 radical (unpaired) electrons. The first-order valence-electron chi connectivity index (χ1n) is 5.16. The summed E-state index contributed by atoms with van der Waals surface area (Å²) in [4.78, 5) is 11.4. The Morgan fingerprint density at radius 3 is 2.75 bits per heavy atom. The Morgan fingerprint density at radius 2 is 2.25 bits per heavy atom. The van der Waals surface area contributed by atoms with Crippen LogP contribution in [0.15, 0.2) is 12.1 Å². The lowest BCUT2D eigenvalue weighted by Gasteiger charge is -2.10. The highest BCUT2D eigenvalue weighted by Gasteiger charge is 2.07. The van der Waals surface area contributed by atoms with Gasteiger partial charge in [0.1, 0.15) is 5.82 Å². The van der Waals surface area contributed by atoms with Gasteiger partial charge in [0.2, 0.25) is 0 Å². The Morgan fingerprint density at radius 1 is 1.50 bits per heavy atom. The molecule has 1 aromatic rings. The van der Waals surface area contributed by atoms with Crippen LogP contribution in [-0.4, -0.2) is 40.4 Å². The molecular formula is C10H16N4O2. The van der Waals surface area contributed by atoms with E-state index in [0.29, 0.717) is 12.4 Å². The third-order valence-electron chi connectivity index (χ3n) is 1.90. The SMILES string of the molecule is CCNC(=O)c1ccc(NC(C)CO)nn1. The molecule has 1 aromatic heterocycles. The van der Waals surface area contributed by atoms with Crippen molar-refractivity contribution in [1.29, 1.82) is 0 Å². The molecular weight excluding hydrogens is 208 g/mol. The molecule has 0 aliphatic carbocycles. The van der Waals surface area contributed by atoms with Gasteiger partial charge >= 0.3 is 0 Å². The maximum atomic E-state index is 11.4. The summed E-state index contributed by atoms with van der Waals surface area (Å²) in [6.07, 6.45) is 0. The number of hydrogen-bond donors (Lipinski definition) is 3. The minimum absolute atomic E-state index is 0.0136. The molecule has 0 saturated carbocycles. The van der Waals surface area contributed by atoms with E-state index in [1.807, 2.05) is 13.8 Å². The summed E-state index contributed by atoms with van der Waals surface area (Å²) in [7, 11) is 0. The highest BCUT2D eigenvalue weighted by atomic mass is 16.3. The molecule has 3 N–H and O–H groups in total. The van der Waals surface area contributed by atoms with Crippen LogP contribution in [0, 0.1) is 0 Å². The van der Waals surface area contributed by atoms with E-state index < -0.39 is 0 Å². The summed E-state index contributed by atoms with van der Waals surface area (Å²) in [5.74, 6) is 0.298. The number of rotatable bonds is 5. The predicted octanol–water partition coefficient (Wildman–Crippen LogP) is 0.0190. The van der Waals surface area contributed by atoms with Gasteiger partial charge in [-0.05, 0) is 26.0 Å². The molecule has 1 atom stereocenters. The third kappa shape index (κ3) is 3.47. The first kappa shape index (κ1) is 12.4. The standard InChI is InChI=1S/C10H16N4O2/c1-3-11-10(16)8-4-5-9(14-13-8)12-7(2)6-15/h4-5,7,15H,3,6H2,1-2H3,(H,11,16)(H,12,14).